The highest BCUT2D eigenvalue weighted by molar-refractivity contribution is 6.06. The van der Waals surface area contributed by atoms with Crippen LogP contribution >= 0.6 is 0 Å². The van der Waals surface area contributed by atoms with Crippen LogP contribution in [0, 0.1) is 0 Å². The molecule has 6 heteroatoms. The van der Waals surface area contributed by atoms with Gasteiger partial charge in [-0.1, -0.05) is 37.3 Å². The van der Waals surface area contributed by atoms with E-state index in [4.69, 9.17) is 4.74 Å². The first-order valence-corrected chi connectivity index (χ1v) is 8.08. The molecule has 0 radical (unpaired) electrons. The molecule has 0 aliphatic carbocycles. The van der Waals surface area contributed by atoms with Gasteiger partial charge < -0.3 is 10.1 Å². The van der Waals surface area contributed by atoms with Gasteiger partial charge in [-0.3, -0.25) is 14.5 Å². The van der Waals surface area contributed by atoms with Gasteiger partial charge in [-0.2, -0.15) is 0 Å². The first kappa shape index (κ1) is 16.7. The number of rotatable bonds is 4. The van der Waals surface area contributed by atoms with Gasteiger partial charge >= 0.3 is 5.97 Å². The monoisotopic (exact) mass is 338 g/mol. The summed E-state index contributed by atoms with van der Waals surface area (Å²) in [6.07, 6.45) is 0.0478. The van der Waals surface area contributed by atoms with Gasteiger partial charge in [-0.25, -0.2) is 4.79 Å². The van der Waals surface area contributed by atoms with Gasteiger partial charge in [0.05, 0.1) is 12.1 Å². The van der Waals surface area contributed by atoms with E-state index >= 15 is 0 Å². The lowest BCUT2D eigenvalue weighted by Crippen LogP contribution is -2.51. The molecule has 1 N–H and O–H groups in total. The summed E-state index contributed by atoms with van der Waals surface area (Å²) in [5, 5.41) is 2.73. The molecule has 1 aliphatic heterocycles. The number of esters is 1. The molecule has 25 heavy (non-hydrogen) atoms. The Morgan fingerprint density at radius 2 is 1.76 bits per heavy atom. The zero-order valence-electron chi connectivity index (χ0n) is 13.8. The first-order chi connectivity index (χ1) is 12.1. The second-order valence-corrected chi connectivity index (χ2v) is 5.64. The van der Waals surface area contributed by atoms with Crippen LogP contribution in [0.5, 0.6) is 5.75 Å². The summed E-state index contributed by atoms with van der Waals surface area (Å²) in [5.41, 5.74) is 1.14. The van der Waals surface area contributed by atoms with Crippen LogP contribution in [0.3, 0.4) is 0 Å². The number of fused-ring (bicyclic) bond motifs is 1. The quantitative estimate of drug-likeness (QED) is 0.687. The second kappa shape index (κ2) is 7.17. The number of carbonyl (C=O) groups excluding carboxylic acids is 3. The number of nitrogens with one attached hydrogen (secondary N) is 1. The number of hydrogen-bond donors (Lipinski definition) is 1. The maximum Gasteiger partial charge on any atom is 0.335 e. The molecule has 2 aromatic rings. The number of hydrogen-bond acceptors (Lipinski definition) is 4. The maximum atomic E-state index is 12.4. The molecule has 0 fully saturated rings. The average Bonchev–Trinajstić information content (AvgIpc) is 2.62. The molecule has 0 spiro atoms. The summed E-state index contributed by atoms with van der Waals surface area (Å²) in [4.78, 5) is 38.5. The number of nitrogens with zero attached hydrogens (tertiary/aromatic N) is 1. The van der Waals surface area contributed by atoms with Crippen LogP contribution in [0.15, 0.2) is 54.6 Å². The maximum absolute atomic E-state index is 12.4. The highest BCUT2D eigenvalue weighted by Gasteiger charge is 2.39. The number of carbonyl (C=O) groups is 3. The van der Waals surface area contributed by atoms with Crippen molar-refractivity contribution in [3.05, 3.63) is 54.6 Å². The number of benzene rings is 2. The summed E-state index contributed by atoms with van der Waals surface area (Å²) in [7, 11) is 0. The molecule has 0 unspecified atom stereocenters. The predicted molar refractivity (Wildman–Crippen MR) is 93.3 cm³/mol. The number of amides is 2. The molecule has 0 aromatic heterocycles. The van der Waals surface area contributed by atoms with E-state index in [1.807, 2.05) is 6.07 Å². The van der Waals surface area contributed by atoms with Crippen LogP contribution in [0.4, 0.5) is 11.4 Å². The highest BCUT2D eigenvalue weighted by atomic mass is 16.5. The van der Waals surface area contributed by atoms with E-state index in [0.29, 0.717) is 17.1 Å². The van der Waals surface area contributed by atoms with Gasteiger partial charge in [0.1, 0.15) is 6.04 Å². The Labute approximate surface area is 145 Å². The van der Waals surface area contributed by atoms with Crippen molar-refractivity contribution in [2.24, 2.45) is 0 Å². The summed E-state index contributed by atoms with van der Waals surface area (Å²) in [6, 6.07) is 14.8. The topological polar surface area (TPSA) is 75.7 Å². The van der Waals surface area contributed by atoms with Crippen molar-refractivity contribution >= 4 is 29.2 Å². The third kappa shape index (κ3) is 3.52. The van der Waals surface area contributed by atoms with E-state index in [1.54, 1.807) is 55.5 Å². The zero-order chi connectivity index (χ0) is 17.8. The van der Waals surface area contributed by atoms with Gasteiger partial charge in [-0.15, -0.1) is 0 Å². The molecule has 6 nitrogen and oxygen atoms in total. The summed E-state index contributed by atoms with van der Waals surface area (Å²) < 4.78 is 5.31. The number of anilines is 2. The Hall–Kier alpha value is -3.15. The van der Waals surface area contributed by atoms with Crippen LogP contribution < -0.4 is 15.0 Å². The second-order valence-electron chi connectivity index (χ2n) is 5.64. The van der Waals surface area contributed by atoms with E-state index in [0.717, 1.165) is 0 Å². The molecule has 1 atom stereocenters. The Balaban J connectivity index is 1.84. The van der Waals surface area contributed by atoms with Gasteiger partial charge in [-0.05, 0) is 24.3 Å². The fraction of sp³-hybridized carbons (Fsp3) is 0.211. The fourth-order valence-corrected chi connectivity index (χ4v) is 2.75. The average molecular weight is 338 g/mol. The van der Waals surface area contributed by atoms with Gasteiger partial charge in [0, 0.05) is 12.1 Å². The standard InChI is InChI=1S/C19H18N2O4/c1-2-18(23)21-14-10-6-7-11-16(14)25-19(24)15(21)12-17(22)20-13-8-4-3-5-9-13/h3-11,15H,2,12H2,1H3,(H,20,22)/t15-/m1/s1. The molecular formula is C19H18N2O4. The van der Waals surface area contributed by atoms with Crippen molar-refractivity contribution in [2.45, 2.75) is 25.8 Å². The summed E-state index contributed by atoms with van der Waals surface area (Å²) >= 11 is 0. The van der Waals surface area contributed by atoms with Gasteiger partial charge in [0.2, 0.25) is 11.8 Å². The van der Waals surface area contributed by atoms with Crippen LogP contribution in [0.1, 0.15) is 19.8 Å². The van der Waals surface area contributed by atoms with Crippen molar-refractivity contribution in [2.75, 3.05) is 10.2 Å². The molecule has 128 valence electrons. The molecule has 2 amide bonds. The van der Waals surface area contributed by atoms with Gasteiger partial charge in [0.25, 0.3) is 0 Å². The Bertz CT molecular complexity index is 804. The Morgan fingerprint density at radius 3 is 2.48 bits per heavy atom. The fourth-order valence-electron chi connectivity index (χ4n) is 2.75. The molecule has 1 aliphatic rings. The predicted octanol–water partition coefficient (Wildman–Crippen LogP) is 2.75. The number of para-hydroxylation sites is 3. The van der Waals surface area contributed by atoms with E-state index in [1.165, 1.54) is 4.90 Å². The lowest BCUT2D eigenvalue weighted by Gasteiger charge is -2.34. The Morgan fingerprint density at radius 1 is 1.08 bits per heavy atom. The number of ether oxygens (including phenoxy) is 1. The van der Waals surface area contributed by atoms with E-state index in [9.17, 15) is 14.4 Å². The SMILES string of the molecule is CCC(=O)N1c2ccccc2OC(=O)[C@H]1CC(=O)Nc1ccccc1. The normalized spacial score (nSPS) is 16.0. The minimum absolute atomic E-state index is 0.173. The molecule has 2 aromatic carbocycles. The van der Waals surface area contributed by atoms with Crippen LogP contribution in [-0.2, 0) is 14.4 Å². The molecule has 0 bridgehead atoms. The molecule has 3 rings (SSSR count). The minimum Gasteiger partial charge on any atom is -0.423 e. The van der Waals surface area contributed by atoms with Crippen molar-refractivity contribution in [3.63, 3.8) is 0 Å². The third-order valence-corrected chi connectivity index (χ3v) is 3.93. The van der Waals surface area contributed by atoms with Crippen molar-refractivity contribution in [3.8, 4) is 5.75 Å². The van der Waals surface area contributed by atoms with E-state index in [2.05, 4.69) is 5.32 Å². The van der Waals surface area contributed by atoms with Crippen LogP contribution in [0.25, 0.3) is 0 Å². The largest absolute Gasteiger partial charge is 0.423 e. The first-order valence-electron chi connectivity index (χ1n) is 8.08. The smallest absolute Gasteiger partial charge is 0.335 e. The Kier molecular flexibility index (Phi) is 4.79. The van der Waals surface area contributed by atoms with Crippen molar-refractivity contribution < 1.29 is 19.1 Å². The minimum atomic E-state index is -0.980. The molecule has 0 saturated carbocycles. The molecule has 1 heterocycles. The van der Waals surface area contributed by atoms with E-state index < -0.39 is 12.0 Å². The molecular weight excluding hydrogens is 320 g/mol. The van der Waals surface area contributed by atoms with Gasteiger partial charge in [0.15, 0.2) is 5.75 Å². The summed E-state index contributed by atoms with van der Waals surface area (Å²) in [6.45, 7) is 1.71. The van der Waals surface area contributed by atoms with Crippen LogP contribution in [-0.4, -0.2) is 23.8 Å². The summed E-state index contributed by atoms with van der Waals surface area (Å²) in [5.74, 6) is -0.874. The van der Waals surface area contributed by atoms with Crippen molar-refractivity contribution in [1.29, 1.82) is 0 Å². The lowest BCUT2D eigenvalue weighted by atomic mass is 10.1. The highest BCUT2D eigenvalue weighted by Crippen LogP contribution is 2.35. The zero-order valence-corrected chi connectivity index (χ0v) is 13.8. The third-order valence-electron chi connectivity index (χ3n) is 3.93. The van der Waals surface area contributed by atoms with Crippen LogP contribution in [0.2, 0.25) is 0 Å². The molecule has 0 saturated heterocycles. The van der Waals surface area contributed by atoms with Crippen molar-refractivity contribution in [1.82, 2.24) is 0 Å². The lowest BCUT2D eigenvalue weighted by molar-refractivity contribution is -0.140. The van der Waals surface area contributed by atoms with E-state index in [-0.39, 0.29) is 24.7 Å².